The Morgan fingerprint density at radius 3 is 1.17 bits per heavy atom. The molecule has 0 aromatic carbocycles. The topological polar surface area (TPSA) is 169 Å². The molecule has 1 heterocycles. The third-order valence-corrected chi connectivity index (χ3v) is 13.6. The standard InChI is InChI=1S/C53H105NO9/c1-3-5-7-9-11-13-15-17-19-21-22-23-24-26-28-30-32-34-36-38-40-42-48(57)54-45(44-62-53-52(61)51(60)50(59)47(43-55)63-53)49(58)46(56)41-39-37-35-33-31-29-27-25-20-18-16-14-12-10-8-6-4-2/h45-47,49-53,55-56,58-61H,3-44H2,1-2H3,(H,54,57)/t45-,46+,47+,49-,50-,51-,52+,53-/m0/s1. The molecule has 10 heteroatoms. The van der Waals surface area contributed by atoms with E-state index in [4.69, 9.17) is 9.47 Å². The average Bonchev–Trinajstić information content (AvgIpc) is 3.28. The van der Waals surface area contributed by atoms with Crippen molar-refractivity contribution in [2.75, 3.05) is 13.2 Å². The minimum absolute atomic E-state index is 0.251. The van der Waals surface area contributed by atoms with E-state index in [0.29, 0.717) is 6.42 Å². The number of aliphatic hydroxyl groups is 6. The number of amides is 1. The summed E-state index contributed by atoms with van der Waals surface area (Å²) in [5.41, 5.74) is 0. The first-order valence-corrected chi connectivity index (χ1v) is 27.3. The fourth-order valence-corrected chi connectivity index (χ4v) is 9.14. The number of hydrogen-bond acceptors (Lipinski definition) is 9. The van der Waals surface area contributed by atoms with E-state index >= 15 is 0 Å². The molecule has 0 aromatic heterocycles. The van der Waals surface area contributed by atoms with Gasteiger partial charge < -0.3 is 45.4 Å². The summed E-state index contributed by atoms with van der Waals surface area (Å²) >= 11 is 0. The van der Waals surface area contributed by atoms with Crippen LogP contribution in [0.3, 0.4) is 0 Å². The van der Waals surface area contributed by atoms with E-state index in [1.54, 1.807) is 0 Å². The van der Waals surface area contributed by atoms with Crippen molar-refractivity contribution >= 4 is 5.91 Å². The van der Waals surface area contributed by atoms with Gasteiger partial charge in [0.15, 0.2) is 6.29 Å². The molecule has 0 radical (unpaired) electrons. The van der Waals surface area contributed by atoms with Gasteiger partial charge in [0.25, 0.3) is 0 Å². The van der Waals surface area contributed by atoms with E-state index < -0.39 is 55.6 Å². The molecule has 0 aliphatic carbocycles. The van der Waals surface area contributed by atoms with Crippen LogP contribution in [0.15, 0.2) is 0 Å². The van der Waals surface area contributed by atoms with Crippen LogP contribution in [-0.2, 0) is 14.3 Å². The van der Waals surface area contributed by atoms with Crippen LogP contribution < -0.4 is 5.32 Å². The van der Waals surface area contributed by atoms with E-state index in [-0.39, 0.29) is 18.9 Å². The molecular weight excluding hydrogens is 795 g/mol. The molecule has 0 aromatic rings. The number of carbonyl (C=O) groups excluding carboxylic acids is 1. The highest BCUT2D eigenvalue weighted by Gasteiger charge is 2.44. The van der Waals surface area contributed by atoms with Crippen LogP contribution >= 0.6 is 0 Å². The van der Waals surface area contributed by atoms with Gasteiger partial charge in [-0.3, -0.25) is 4.79 Å². The van der Waals surface area contributed by atoms with E-state index in [1.807, 2.05) is 0 Å². The predicted octanol–water partition coefficient (Wildman–Crippen LogP) is 11.7. The Labute approximate surface area is 387 Å². The van der Waals surface area contributed by atoms with Crippen molar-refractivity contribution in [1.82, 2.24) is 5.32 Å². The fourth-order valence-electron chi connectivity index (χ4n) is 9.14. The summed E-state index contributed by atoms with van der Waals surface area (Å²) in [5, 5.41) is 65.5. The Kier molecular flexibility index (Phi) is 41.7. The molecule has 1 saturated heterocycles. The molecule has 1 rings (SSSR count). The number of nitrogens with one attached hydrogen (secondary N) is 1. The molecule has 376 valence electrons. The second kappa shape index (κ2) is 43.7. The summed E-state index contributed by atoms with van der Waals surface area (Å²) in [7, 11) is 0. The van der Waals surface area contributed by atoms with Crippen molar-refractivity contribution in [1.29, 1.82) is 0 Å². The molecule has 0 unspecified atom stereocenters. The number of unbranched alkanes of at least 4 members (excludes halogenated alkanes) is 36. The van der Waals surface area contributed by atoms with Gasteiger partial charge in [-0.2, -0.15) is 0 Å². The fraction of sp³-hybridized carbons (Fsp3) is 0.981. The summed E-state index contributed by atoms with van der Waals surface area (Å²) in [6, 6.07) is -0.986. The largest absolute Gasteiger partial charge is 0.394 e. The van der Waals surface area contributed by atoms with Gasteiger partial charge in [0.05, 0.1) is 25.4 Å². The molecule has 1 amide bonds. The van der Waals surface area contributed by atoms with Crippen molar-refractivity contribution in [3.63, 3.8) is 0 Å². The average molecular weight is 900 g/mol. The lowest BCUT2D eigenvalue weighted by Crippen LogP contribution is -2.60. The molecular formula is C53H105NO9. The van der Waals surface area contributed by atoms with Crippen molar-refractivity contribution in [2.24, 2.45) is 0 Å². The SMILES string of the molecule is CCCCCCCCCCCCCCCCCCCCCCCC(=O)N[C@@H](CO[C@H]1O[C@H](CO)[C@H](O)[C@H](O)[C@H]1O)[C@H](O)[C@H](O)CCCCCCCCCCCCCCCCCCC. The van der Waals surface area contributed by atoms with E-state index in [9.17, 15) is 35.4 Å². The van der Waals surface area contributed by atoms with Gasteiger partial charge in [-0.1, -0.05) is 251 Å². The van der Waals surface area contributed by atoms with E-state index in [2.05, 4.69) is 19.2 Å². The highest BCUT2D eigenvalue weighted by Crippen LogP contribution is 2.23. The lowest BCUT2D eigenvalue weighted by atomic mass is 9.98. The van der Waals surface area contributed by atoms with Crippen LogP contribution in [0, 0.1) is 0 Å². The predicted molar refractivity (Wildman–Crippen MR) is 260 cm³/mol. The first kappa shape index (κ1) is 60.2. The summed E-state index contributed by atoms with van der Waals surface area (Å²) in [5.74, 6) is -0.251. The highest BCUT2D eigenvalue weighted by atomic mass is 16.7. The van der Waals surface area contributed by atoms with Crippen LogP contribution in [0.5, 0.6) is 0 Å². The van der Waals surface area contributed by atoms with Crippen LogP contribution in [0.2, 0.25) is 0 Å². The Balaban J connectivity index is 2.28. The Bertz CT molecular complexity index is 973. The second-order valence-electron chi connectivity index (χ2n) is 19.5. The van der Waals surface area contributed by atoms with Crippen molar-refractivity contribution in [2.45, 2.75) is 320 Å². The smallest absolute Gasteiger partial charge is 0.220 e. The van der Waals surface area contributed by atoms with E-state index in [1.165, 1.54) is 205 Å². The highest BCUT2D eigenvalue weighted by molar-refractivity contribution is 5.76. The van der Waals surface area contributed by atoms with Crippen LogP contribution in [-0.4, -0.2) is 98.7 Å². The second-order valence-corrected chi connectivity index (χ2v) is 19.5. The van der Waals surface area contributed by atoms with Gasteiger partial charge >= 0.3 is 0 Å². The molecule has 63 heavy (non-hydrogen) atoms. The van der Waals surface area contributed by atoms with Crippen LogP contribution in [0.25, 0.3) is 0 Å². The number of hydrogen-bond donors (Lipinski definition) is 7. The van der Waals surface area contributed by atoms with Crippen molar-refractivity contribution in [3.8, 4) is 0 Å². The van der Waals surface area contributed by atoms with Crippen molar-refractivity contribution in [3.05, 3.63) is 0 Å². The molecule has 0 saturated carbocycles. The zero-order valence-corrected chi connectivity index (χ0v) is 41.2. The maximum Gasteiger partial charge on any atom is 0.220 e. The summed E-state index contributed by atoms with van der Waals surface area (Å²) < 4.78 is 11.2. The van der Waals surface area contributed by atoms with Crippen molar-refractivity contribution < 1.29 is 44.9 Å². The number of carbonyl (C=O) groups is 1. The van der Waals surface area contributed by atoms with Gasteiger partial charge in [0.1, 0.15) is 30.5 Å². The molecule has 1 fully saturated rings. The first-order chi connectivity index (χ1) is 30.8. The Morgan fingerprint density at radius 1 is 0.492 bits per heavy atom. The molecule has 1 aliphatic heterocycles. The first-order valence-electron chi connectivity index (χ1n) is 27.3. The maximum atomic E-state index is 13.1. The summed E-state index contributed by atoms with van der Waals surface area (Å²) in [6.45, 7) is 3.65. The molecule has 7 N–H and O–H groups in total. The van der Waals surface area contributed by atoms with Gasteiger partial charge in [-0.15, -0.1) is 0 Å². The normalized spacial score (nSPS) is 20.5. The molecule has 0 spiro atoms. The molecule has 0 bridgehead atoms. The number of ether oxygens (including phenoxy) is 2. The monoisotopic (exact) mass is 900 g/mol. The zero-order chi connectivity index (χ0) is 46.0. The van der Waals surface area contributed by atoms with Gasteiger partial charge in [-0.05, 0) is 12.8 Å². The van der Waals surface area contributed by atoms with Gasteiger partial charge in [-0.25, -0.2) is 0 Å². The Morgan fingerprint density at radius 2 is 0.825 bits per heavy atom. The summed E-state index contributed by atoms with van der Waals surface area (Å²) in [4.78, 5) is 13.1. The molecule has 1 aliphatic rings. The molecule has 10 nitrogen and oxygen atoms in total. The lowest BCUT2D eigenvalue weighted by Gasteiger charge is -2.40. The molecule has 8 atom stereocenters. The Hall–Kier alpha value is -0.850. The minimum atomic E-state index is -1.60. The summed E-state index contributed by atoms with van der Waals surface area (Å²) in [6.07, 6.45) is 39.7. The third kappa shape index (κ3) is 33.3. The van der Waals surface area contributed by atoms with Crippen LogP contribution in [0.4, 0.5) is 0 Å². The zero-order valence-electron chi connectivity index (χ0n) is 41.2. The van der Waals surface area contributed by atoms with Gasteiger partial charge in [0, 0.05) is 6.42 Å². The minimum Gasteiger partial charge on any atom is -0.394 e. The van der Waals surface area contributed by atoms with Gasteiger partial charge in [0.2, 0.25) is 5.91 Å². The van der Waals surface area contributed by atoms with Crippen LogP contribution in [0.1, 0.15) is 271 Å². The van der Waals surface area contributed by atoms with E-state index in [0.717, 1.165) is 38.5 Å². The lowest BCUT2D eigenvalue weighted by molar-refractivity contribution is -0.303. The third-order valence-electron chi connectivity index (χ3n) is 13.6. The number of rotatable bonds is 47. The maximum absolute atomic E-state index is 13.1. The number of aliphatic hydroxyl groups excluding tert-OH is 6. The quantitative estimate of drug-likeness (QED) is 0.0294.